The average molecular weight is 516 g/mol. The highest BCUT2D eigenvalue weighted by atomic mass is 32.1. The Morgan fingerprint density at radius 1 is 1.08 bits per heavy atom. The molecule has 0 spiro atoms. The van der Waals surface area contributed by atoms with Crippen molar-refractivity contribution in [2.24, 2.45) is 5.92 Å². The summed E-state index contributed by atoms with van der Waals surface area (Å²) in [6.45, 7) is 9.49. The van der Waals surface area contributed by atoms with E-state index in [4.69, 9.17) is 0 Å². The largest absolute Gasteiger partial charge is 0.396 e. The number of nitrogens with zero attached hydrogens (tertiary/aromatic N) is 2. The number of unbranched alkanes of at least 4 members (excludes halogenated alkanes) is 1. The maximum atomic E-state index is 13.0. The smallest absolute Gasteiger partial charge is 0.270 e. The van der Waals surface area contributed by atoms with Crippen LogP contribution in [-0.2, 0) is 17.6 Å². The van der Waals surface area contributed by atoms with E-state index in [-0.39, 0.29) is 30.5 Å². The fraction of sp³-hybridized carbons (Fsp3) is 0.621. The summed E-state index contributed by atoms with van der Waals surface area (Å²) < 4.78 is 0. The molecule has 2 unspecified atom stereocenters. The van der Waals surface area contributed by atoms with Crippen molar-refractivity contribution in [1.82, 2.24) is 15.2 Å². The number of carbonyl (C=O) groups excluding carboxylic acids is 2. The van der Waals surface area contributed by atoms with Crippen LogP contribution in [0.2, 0.25) is 0 Å². The number of amides is 2. The molecule has 200 valence electrons. The summed E-state index contributed by atoms with van der Waals surface area (Å²) in [6, 6.07) is 10.2. The predicted octanol–water partition coefficient (Wildman–Crippen LogP) is 5.64. The molecule has 0 radical (unpaired) electrons. The number of nitrogens with one attached hydrogen (secondary N) is 1. The molecule has 2 atom stereocenters. The third kappa shape index (κ3) is 10.0. The summed E-state index contributed by atoms with van der Waals surface area (Å²) in [5, 5.41) is 15.2. The average Bonchev–Trinajstić information content (AvgIpc) is 3.35. The second-order valence-electron chi connectivity index (χ2n) is 9.89. The molecule has 2 N–H and O–H groups in total. The van der Waals surface area contributed by atoms with Gasteiger partial charge in [0, 0.05) is 43.5 Å². The van der Waals surface area contributed by atoms with Gasteiger partial charge in [-0.05, 0) is 50.0 Å². The van der Waals surface area contributed by atoms with Crippen LogP contribution in [0.5, 0.6) is 0 Å². The van der Waals surface area contributed by atoms with Gasteiger partial charge in [-0.1, -0.05) is 64.4 Å². The summed E-state index contributed by atoms with van der Waals surface area (Å²) in [5.41, 5.74) is 1.60. The number of aromatic nitrogens is 1. The van der Waals surface area contributed by atoms with Crippen LogP contribution < -0.4 is 5.32 Å². The molecule has 2 aromatic rings. The molecular formula is C29H45N3O3S. The van der Waals surface area contributed by atoms with Gasteiger partial charge in [0.05, 0.1) is 5.01 Å². The number of rotatable bonds is 17. The van der Waals surface area contributed by atoms with Gasteiger partial charge in [-0.3, -0.25) is 9.59 Å². The molecular weight excluding hydrogens is 470 g/mol. The number of thiazole rings is 1. The van der Waals surface area contributed by atoms with E-state index in [2.05, 4.69) is 55.0 Å². The third-order valence-corrected chi connectivity index (χ3v) is 7.42. The zero-order valence-corrected chi connectivity index (χ0v) is 23.4. The monoisotopic (exact) mass is 515 g/mol. The Bertz CT molecular complexity index is 900. The first kappa shape index (κ1) is 30.0. The molecule has 0 aliphatic rings. The Labute approximate surface area is 221 Å². The second-order valence-corrected chi connectivity index (χ2v) is 10.8. The van der Waals surface area contributed by atoms with Gasteiger partial charge in [-0.15, -0.1) is 11.3 Å². The standard InChI is InChI=1S/C29H45N3O3S/c1-5-7-15-28(34)32(18-6-2)26(22(3)4)16-17-27-31-25(21-36-27)29(35)30-24(14-11-19-33)20-23-12-9-8-10-13-23/h8-10,12-13,21-22,24,26,33H,5-7,11,14-20H2,1-4H3,(H,30,35). The molecule has 6 nitrogen and oxygen atoms in total. The van der Waals surface area contributed by atoms with E-state index in [9.17, 15) is 14.7 Å². The number of hydrogen-bond donors (Lipinski definition) is 2. The van der Waals surface area contributed by atoms with Crippen LogP contribution in [0.25, 0.3) is 0 Å². The minimum absolute atomic E-state index is 0.0562. The van der Waals surface area contributed by atoms with Gasteiger partial charge in [-0.25, -0.2) is 4.98 Å². The highest BCUT2D eigenvalue weighted by Gasteiger charge is 2.26. The molecule has 36 heavy (non-hydrogen) atoms. The van der Waals surface area contributed by atoms with E-state index in [1.54, 1.807) is 0 Å². The zero-order chi connectivity index (χ0) is 26.3. The normalized spacial score (nSPS) is 12.9. The van der Waals surface area contributed by atoms with E-state index < -0.39 is 0 Å². The summed E-state index contributed by atoms with van der Waals surface area (Å²) >= 11 is 1.51. The van der Waals surface area contributed by atoms with E-state index >= 15 is 0 Å². The first-order valence-electron chi connectivity index (χ1n) is 13.6. The second kappa shape index (κ2) is 16.5. The maximum absolute atomic E-state index is 13.0. The van der Waals surface area contributed by atoms with Crippen LogP contribution in [0.4, 0.5) is 0 Å². The van der Waals surface area contributed by atoms with E-state index in [0.717, 1.165) is 55.6 Å². The third-order valence-electron chi connectivity index (χ3n) is 6.51. The fourth-order valence-electron chi connectivity index (χ4n) is 4.56. The quantitative estimate of drug-likeness (QED) is 0.285. The lowest BCUT2D eigenvalue weighted by Crippen LogP contribution is -2.44. The van der Waals surface area contributed by atoms with Gasteiger partial charge in [0.15, 0.2) is 0 Å². The van der Waals surface area contributed by atoms with Crippen molar-refractivity contribution < 1.29 is 14.7 Å². The number of aryl methyl sites for hydroxylation is 1. The minimum Gasteiger partial charge on any atom is -0.396 e. The number of aliphatic hydroxyl groups excluding tert-OH is 1. The molecule has 0 aliphatic heterocycles. The van der Waals surface area contributed by atoms with Gasteiger partial charge in [-0.2, -0.15) is 0 Å². The zero-order valence-electron chi connectivity index (χ0n) is 22.5. The number of aliphatic hydroxyl groups is 1. The van der Waals surface area contributed by atoms with Crippen molar-refractivity contribution in [1.29, 1.82) is 0 Å². The van der Waals surface area contributed by atoms with Crippen LogP contribution in [0, 0.1) is 5.92 Å². The molecule has 1 aromatic carbocycles. The van der Waals surface area contributed by atoms with Crippen molar-refractivity contribution >= 4 is 23.2 Å². The lowest BCUT2D eigenvalue weighted by atomic mass is 9.96. The molecule has 7 heteroatoms. The van der Waals surface area contributed by atoms with E-state index in [1.165, 1.54) is 11.3 Å². The van der Waals surface area contributed by atoms with Crippen molar-refractivity contribution in [2.45, 2.75) is 97.6 Å². The fourth-order valence-corrected chi connectivity index (χ4v) is 5.35. The molecule has 1 aromatic heterocycles. The van der Waals surface area contributed by atoms with Crippen molar-refractivity contribution in [3.63, 3.8) is 0 Å². The van der Waals surface area contributed by atoms with Gasteiger partial charge >= 0.3 is 0 Å². The first-order valence-corrected chi connectivity index (χ1v) is 14.5. The molecule has 1 heterocycles. The molecule has 2 rings (SSSR count). The van der Waals surface area contributed by atoms with Gasteiger partial charge in [0.25, 0.3) is 5.91 Å². The summed E-state index contributed by atoms with van der Waals surface area (Å²) in [5.74, 6) is 0.443. The van der Waals surface area contributed by atoms with Gasteiger partial charge in [0.1, 0.15) is 5.69 Å². The molecule has 0 saturated heterocycles. The highest BCUT2D eigenvalue weighted by Crippen LogP contribution is 2.22. The van der Waals surface area contributed by atoms with Crippen LogP contribution in [-0.4, -0.2) is 52.0 Å². The van der Waals surface area contributed by atoms with E-state index in [0.29, 0.717) is 30.9 Å². The Balaban J connectivity index is 2.01. The Morgan fingerprint density at radius 3 is 2.47 bits per heavy atom. The van der Waals surface area contributed by atoms with Crippen LogP contribution in [0.1, 0.15) is 93.7 Å². The lowest BCUT2D eigenvalue weighted by Gasteiger charge is -2.34. The molecule has 0 aliphatic carbocycles. The number of benzene rings is 1. The van der Waals surface area contributed by atoms with Crippen molar-refractivity contribution in [3.8, 4) is 0 Å². The predicted molar refractivity (Wildman–Crippen MR) is 148 cm³/mol. The number of hydrogen-bond acceptors (Lipinski definition) is 5. The topological polar surface area (TPSA) is 82.5 Å². The van der Waals surface area contributed by atoms with Crippen LogP contribution in [0.3, 0.4) is 0 Å². The molecule has 0 saturated carbocycles. The van der Waals surface area contributed by atoms with Gasteiger partial charge in [0.2, 0.25) is 5.91 Å². The number of carbonyl (C=O) groups is 2. The Kier molecular flexibility index (Phi) is 13.7. The Morgan fingerprint density at radius 2 is 1.83 bits per heavy atom. The molecule has 0 fully saturated rings. The van der Waals surface area contributed by atoms with Crippen molar-refractivity contribution in [3.05, 3.63) is 52.0 Å². The first-order chi connectivity index (χ1) is 17.4. The van der Waals surface area contributed by atoms with Crippen LogP contribution >= 0.6 is 11.3 Å². The summed E-state index contributed by atoms with van der Waals surface area (Å²) in [4.78, 5) is 32.6. The Hall–Kier alpha value is -2.25. The maximum Gasteiger partial charge on any atom is 0.270 e. The molecule has 0 bridgehead atoms. The van der Waals surface area contributed by atoms with Crippen LogP contribution in [0.15, 0.2) is 35.7 Å². The molecule has 2 amide bonds. The SMILES string of the molecule is CCCCC(=O)N(CCC)C(CCc1nc(C(=O)NC(CCCO)Cc2ccccc2)cs1)C(C)C. The summed E-state index contributed by atoms with van der Waals surface area (Å²) in [7, 11) is 0. The van der Waals surface area contributed by atoms with E-state index in [1.807, 2.05) is 23.6 Å². The lowest BCUT2D eigenvalue weighted by molar-refractivity contribution is -0.134. The minimum atomic E-state index is -0.167. The highest BCUT2D eigenvalue weighted by molar-refractivity contribution is 7.09. The van der Waals surface area contributed by atoms with Crippen molar-refractivity contribution in [2.75, 3.05) is 13.2 Å². The summed E-state index contributed by atoms with van der Waals surface area (Å²) in [6.07, 6.45) is 7.18. The van der Waals surface area contributed by atoms with Gasteiger partial charge < -0.3 is 15.3 Å².